The highest BCUT2D eigenvalue weighted by molar-refractivity contribution is 9.10. The van der Waals surface area contributed by atoms with Gasteiger partial charge in [-0.25, -0.2) is 0 Å². The summed E-state index contributed by atoms with van der Waals surface area (Å²) in [6.45, 7) is 6.13. The third-order valence-corrected chi connectivity index (χ3v) is 3.45. The molecule has 1 aromatic carbocycles. The predicted molar refractivity (Wildman–Crippen MR) is 74.9 cm³/mol. The first-order chi connectivity index (χ1) is 8.61. The van der Waals surface area contributed by atoms with Gasteiger partial charge in [-0.15, -0.1) is 0 Å². The summed E-state index contributed by atoms with van der Waals surface area (Å²) in [6.07, 6.45) is 0. The fourth-order valence-corrected chi connectivity index (χ4v) is 2.48. The minimum atomic E-state index is 0.137. The van der Waals surface area contributed by atoms with E-state index >= 15 is 0 Å². The lowest BCUT2D eigenvalue weighted by molar-refractivity contribution is 0.173. The van der Waals surface area contributed by atoms with Gasteiger partial charge in [0.1, 0.15) is 0 Å². The van der Waals surface area contributed by atoms with Crippen molar-refractivity contribution in [3.8, 4) is 11.5 Å². The van der Waals surface area contributed by atoms with Crippen molar-refractivity contribution in [2.75, 3.05) is 19.9 Å². The second-order valence-electron chi connectivity index (χ2n) is 4.83. The van der Waals surface area contributed by atoms with Crippen molar-refractivity contribution < 1.29 is 9.47 Å². The molecule has 0 saturated heterocycles. The van der Waals surface area contributed by atoms with Crippen molar-refractivity contribution in [3.05, 3.63) is 22.2 Å². The van der Waals surface area contributed by atoms with Crippen LogP contribution in [-0.4, -0.2) is 19.9 Å². The maximum atomic E-state index is 5.84. The molecule has 0 bridgehead atoms. The van der Waals surface area contributed by atoms with Crippen molar-refractivity contribution >= 4 is 15.9 Å². The van der Waals surface area contributed by atoms with Gasteiger partial charge in [-0.1, -0.05) is 13.8 Å². The molecule has 3 N–H and O–H groups in total. The van der Waals surface area contributed by atoms with E-state index in [4.69, 9.17) is 15.2 Å². The number of nitrogens with one attached hydrogen (secondary N) is 1. The molecule has 1 aliphatic heterocycles. The number of ether oxygens (including phenoxy) is 2. The molecule has 2 rings (SSSR count). The molecular weight excluding hydrogens is 296 g/mol. The Labute approximate surface area is 116 Å². The molecule has 1 aromatic rings. The van der Waals surface area contributed by atoms with E-state index in [0.29, 0.717) is 12.5 Å². The molecule has 0 saturated carbocycles. The summed E-state index contributed by atoms with van der Waals surface area (Å²) in [5, 5.41) is 3.46. The number of hydrogen-bond acceptors (Lipinski definition) is 4. The van der Waals surface area contributed by atoms with Crippen LogP contribution in [0.1, 0.15) is 25.5 Å². The van der Waals surface area contributed by atoms with E-state index in [0.717, 1.165) is 28.1 Å². The molecular formula is C13H19BrN2O2. The standard InChI is InChI=1S/C13H19BrN2O2/c1-8(2)6-16-11(5-15)9-3-10(14)13-12(4-9)17-7-18-13/h3-4,8,11,16H,5-7,15H2,1-2H3. The van der Waals surface area contributed by atoms with Gasteiger partial charge in [-0.3, -0.25) is 0 Å². The van der Waals surface area contributed by atoms with Crippen molar-refractivity contribution in [2.45, 2.75) is 19.9 Å². The number of halogens is 1. The average Bonchev–Trinajstić information content (AvgIpc) is 2.78. The van der Waals surface area contributed by atoms with Gasteiger partial charge in [0.15, 0.2) is 11.5 Å². The van der Waals surface area contributed by atoms with Gasteiger partial charge in [-0.2, -0.15) is 0 Å². The zero-order chi connectivity index (χ0) is 13.1. The summed E-state index contributed by atoms with van der Waals surface area (Å²) >= 11 is 3.50. The second kappa shape index (κ2) is 5.91. The summed E-state index contributed by atoms with van der Waals surface area (Å²) in [7, 11) is 0. The molecule has 18 heavy (non-hydrogen) atoms. The fraction of sp³-hybridized carbons (Fsp3) is 0.538. The molecule has 0 amide bonds. The van der Waals surface area contributed by atoms with Crippen LogP contribution in [0.5, 0.6) is 11.5 Å². The maximum absolute atomic E-state index is 5.84. The number of fused-ring (bicyclic) bond motifs is 1. The lowest BCUT2D eigenvalue weighted by Gasteiger charge is -2.19. The molecule has 5 heteroatoms. The molecule has 4 nitrogen and oxygen atoms in total. The van der Waals surface area contributed by atoms with E-state index in [-0.39, 0.29) is 12.8 Å². The normalized spacial score (nSPS) is 15.2. The van der Waals surface area contributed by atoms with E-state index < -0.39 is 0 Å². The van der Waals surface area contributed by atoms with Crippen LogP contribution in [0.15, 0.2) is 16.6 Å². The third-order valence-electron chi connectivity index (χ3n) is 2.86. The van der Waals surface area contributed by atoms with Gasteiger partial charge < -0.3 is 20.5 Å². The molecule has 0 fully saturated rings. The number of benzene rings is 1. The summed E-state index contributed by atoms with van der Waals surface area (Å²) in [5.74, 6) is 2.15. The van der Waals surface area contributed by atoms with Crippen LogP contribution in [0.25, 0.3) is 0 Å². The predicted octanol–water partition coefficient (Wildman–Crippen LogP) is 2.42. The Balaban J connectivity index is 2.18. The van der Waals surface area contributed by atoms with Gasteiger partial charge in [0, 0.05) is 12.6 Å². The molecule has 0 spiro atoms. The first kappa shape index (κ1) is 13.6. The monoisotopic (exact) mass is 314 g/mol. The molecule has 1 heterocycles. The van der Waals surface area contributed by atoms with Crippen LogP contribution in [0.2, 0.25) is 0 Å². The average molecular weight is 315 g/mol. The molecule has 1 unspecified atom stereocenters. The lowest BCUT2D eigenvalue weighted by atomic mass is 10.1. The summed E-state index contributed by atoms with van der Waals surface area (Å²) < 4.78 is 11.7. The minimum Gasteiger partial charge on any atom is -0.454 e. The van der Waals surface area contributed by atoms with Gasteiger partial charge in [0.2, 0.25) is 6.79 Å². The Bertz CT molecular complexity index is 424. The molecule has 100 valence electrons. The van der Waals surface area contributed by atoms with Crippen molar-refractivity contribution in [1.29, 1.82) is 0 Å². The maximum Gasteiger partial charge on any atom is 0.231 e. The topological polar surface area (TPSA) is 56.5 Å². The van der Waals surface area contributed by atoms with E-state index in [1.54, 1.807) is 0 Å². The van der Waals surface area contributed by atoms with E-state index in [1.165, 1.54) is 0 Å². The van der Waals surface area contributed by atoms with E-state index in [1.807, 2.05) is 12.1 Å². The highest BCUT2D eigenvalue weighted by Gasteiger charge is 2.20. The second-order valence-corrected chi connectivity index (χ2v) is 5.68. The van der Waals surface area contributed by atoms with Crippen LogP contribution in [0, 0.1) is 5.92 Å². The SMILES string of the molecule is CC(C)CNC(CN)c1cc(Br)c2c(c1)OCO2. The summed E-state index contributed by atoms with van der Waals surface area (Å²) in [5.41, 5.74) is 6.96. The van der Waals surface area contributed by atoms with Crippen molar-refractivity contribution in [1.82, 2.24) is 5.32 Å². The Kier molecular flexibility index (Phi) is 4.48. The van der Waals surface area contributed by atoms with Crippen LogP contribution >= 0.6 is 15.9 Å². The number of hydrogen-bond donors (Lipinski definition) is 2. The van der Waals surface area contributed by atoms with Gasteiger partial charge >= 0.3 is 0 Å². The smallest absolute Gasteiger partial charge is 0.231 e. The van der Waals surface area contributed by atoms with Gasteiger partial charge in [0.05, 0.1) is 4.47 Å². The van der Waals surface area contributed by atoms with E-state index in [2.05, 4.69) is 35.1 Å². The van der Waals surface area contributed by atoms with Gasteiger partial charge in [-0.05, 0) is 46.1 Å². The zero-order valence-corrected chi connectivity index (χ0v) is 12.3. The van der Waals surface area contributed by atoms with Crippen molar-refractivity contribution in [3.63, 3.8) is 0 Å². The summed E-state index contributed by atoms with van der Waals surface area (Å²) in [6, 6.07) is 4.18. The number of rotatable bonds is 5. The highest BCUT2D eigenvalue weighted by Crippen LogP contribution is 2.41. The zero-order valence-electron chi connectivity index (χ0n) is 10.7. The lowest BCUT2D eigenvalue weighted by Crippen LogP contribution is -2.30. The molecule has 0 aromatic heterocycles. The van der Waals surface area contributed by atoms with Crippen LogP contribution < -0.4 is 20.5 Å². The quantitative estimate of drug-likeness (QED) is 0.876. The highest BCUT2D eigenvalue weighted by atomic mass is 79.9. The Morgan fingerprint density at radius 1 is 1.39 bits per heavy atom. The summed E-state index contributed by atoms with van der Waals surface area (Å²) in [4.78, 5) is 0. The third kappa shape index (κ3) is 2.96. The largest absolute Gasteiger partial charge is 0.454 e. The van der Waals surface area contributed by atoms with Crippen molar-refractivity contribution in [2.24, 2.45) is 11.7 Å². The first-order valence-corrected chi connectivity index (χ1v) is 6.93. The molecule has 1 aliphatic rings. The van der Waals surface area contributed by atoms with Crippen LogP contribution in [0.4, 0.5) is 0 Å². The number of nitrogens with two attached hydrogens (primary N) is 1. The molecule has 0 radical (unpaired) electrons. The van der Waals surface area contributed by atoms with E-state index in [9.17, 15) is 0 Å². The van der Waals surface area contributed by atoms with Gasteiger partial charge in [0.25, 0.3) is 0 Å². The van der Waals surface area contributed by atoms with Crippen LogP contribution in [-0.2, 0) is 0 Å². The molecule has 1 atom stereocenters. The fourth-order valence-electron chi connectivity index (χ4n) is 1.90. The molecule has 0 aliphatic carbocycles. The van der Waals surface area contributed by atoms with Crippen LogP contribution in [0.3, 0.4) is 0 Å². The Hall–Kier alpha value is -0.780. The Morgan fingerprint density at radius 2 is 2.17 bits per heavy atom. The minimum absolute atomic E-state index is 0.137. The first-order valence-electron chi connectivity index (χ1n) is 6.14. The Morgan fingerprint density at radius 3 is 2.83 bits per heavy atom.